The van der Waals surface area contributed by atoms with Gasteiger partial charge >= 0.3 is 5.97 Å². The van der Waals surface area contributed by atoms with E-state index in [2.05, 4.69) is 42.0 Å². The number of ether oxygens (including phenoxy) is 1. The molecule has 0 heterocycles. The number of nitrogens with one attached hydrogen (secondary N) is 1. The highest BCUT2D eigenvalue weighted by Crippen LogP contribution is 2.22. The second-order valence-corrected chi connectivity index (χ2v) is 8.13. The molecule has 0 saturated carbocycles. The number of methoxy groups -OCH3 is 1. The molecule has 2 aromatic carbocycles. The maximum atomic E-state index is 12.6. The SMILES string of the molecule is COC(=O)[C@H](Cc1cccc(Br)c1)NC(=O)c1ccc(C(C)(C)C)cc1. The molecule has 1 N–H and O–H groups in total. The van der Waals surface area contributed by atoms with E-state index in [9.17, 15) is 9.59 Å². The Morgan fingerprint density at radius 2 is 1.77 bits per heavy atom. The smallest absolute Gasteiger partial charge is 0.328 e. The maximum Gasteiger partial charge on any atom is 0.328 e. The minimum absolute atomic E-state index is 0.0181. The number of hydrogen-bond donors (Lipinski definition) is 1. The van der Waals surface area contributed by atoms with Crippen molar-refractivity contribution in [2.75, 3.05) is 7.11 Å². The van der Waals surface area contributed by atoms with Crippen LogP contribution >= 0.6 is 15.9 Å². The first-order chi connectivity index (χ1) is 12.2. The highest BCUT2D eigenvalue weighted by Gasteiger charge is 2.23. The van der Waals surface area contributed by atoms with E-state index in [-0.39, 0.29) is 11.3 Å². The Morgan fingerprint density at radius 1 is 1.12 bits per heavy atom. The van der Waals surface area contributed by atoms with Crippen LogP contribution in [-0.4, -0.2) is 25.0 Å². The van der Waals surface area contributed by atoms with Gasteiger partial charge in [-0.2, -0.15) is 0 Å². The van der Waals surface area contributed by atoms with E-state index in [1.54, 1.807) is 12.1 Å². The Kier molecular flexibility index (Phi) is 6.59. The highest BCUT2D eigenvalue weighted by atomic mass is 79.9. The lowest BCUT2D eigenvalue weighted by molar-refractivity contribution is -0.142. The Morgan fingerprint density at radius 3 is 2.31 bits per heavy atom. The number of carbonyl (C=O) groups is 2. The van der Waals surface area contributed by atoms with Crippen LogP contribution in [0.3, 0.4) is 0 Å². The molecule has 26 heavy (non-hydrogen) atoms. The van der Waals surface area contributed by atoms with E-state index in [1.807, 2.05) is 36.4 Å². The van der Waals surface area contributed by atoms with Gasteiger partial charge in [0.15, 0.2) is 0 Å². The van der Waals surface area contributed by atoms with Crippen molar-refractivity contribution in [3.63, 3.8) is 0 Å². The minimum atomic E-state index is -0.746. The van der Waals surface area contributed by atoms with Gasteiger partial charge in [0, 0.05) is 16.5 Å². The van der Waals surface area contributed by atoms with Gasteiger partial charge in [-0.15, -0.1) is 0 Å². The first-order valence-electron chi connectivity index (χ1n) is 8.44. The Balaban J connectivity index is 2.14. The fraction of sp³-hybridized carbons (Fsp3) is 0.333. The molecule has 0 aliphatic carbocycles. The highest BCUT2D eigenvalue weighted by molar-refractivity contribution is 9.10. The molecule has 0 bridgehead atoms. The lowest BCUT2D eigenvalue weighted by atomic mass is 9.86. The summed E-state index contributed by atoms with van der Waals surface area (Å²) in [5.41, 5.74) is 2.61. The van der Waals surface area contributed by atoms with Gasteiger partial charge in [-0.25, -0.2) is 4.79 Å². The van der Waals surface area contributed by atoms with Crippen molar-refractivity contribution >= 4 is 27.8 Å². The van der Waals surface area contributed by atoms with E-state index >= 15 is 0 Å². The number of benzene rings is 2. The molecule has 0 aliphatic rings. The predicted octanol–water partition coefficient (Wildman–Crippen LogP) is 4.26. The third-order valence-electron chi connectivity index (χ3n) is 4.13. The second-order valence-electron chi connectivity index (χ2n) is 7.21. The minimum Gasteiger partial charge on any atom is -0.467 e. The fourth-order valence-corrected chi connectivity index (χ4v) is 3.05. The monoisotopic (exact) mass is 417 g/mol. The summed E-state index contributed by atoms with van der Waals surface area (Å²) >= 11 is 3.41. The molecule has 0 unspecified atom stereocenters. The van der Waals surface area contributed by atoms with Gasteiger partial charge in [-0.05, 0) is 40.8 Å². The maximum absolute atomic E-state index is 12.6. The van der Waals surface area contributed by atoms with Crippen molar-refractivity contribution in [3.8, 4) is 0 Å². The fourth-order valence-electron chi connectivity index (χ4n) is 2.60. The zero-order chi connectivity index (χ0) is 19.3. The van der Waals surface area contributed by atoms with E-state index in [0.29, 0.717) is 12.0 Å². The van der Waals surface area contributed by atoms with Gasteiger partial charge in [0.2, 0.25) is 0 Å². The van der Waals surface area contributed by atoms with Crippen LogP contribution < -0.4 is 5.32 Å². The molecule has 2 aromatic rings. The van der Waals surface area contributed by atoms with E-state index < -0.39 is 12.0 Å². The van der Waals surface area contributed by atoms with E-state index in [4.69, 9.17) is 4.74 Å². The van der Waals surface area contributed by atoms with Crippen LogP contribution in [0.25, 0.3) is 0 Å². The van der Waals surface area contributed by atoms with Crippen LogP contribution in [0.4, 0.5) is 0 Å². The summed E-state index contributed by atoms with van der Waals surface area (Å²) in [5.74, 6) is -0.763. The number of rotatable bonds is 5. The Bertz CT molecular complexity index is 779. The van der Waals surface area contributed by atoms with E-state index in [1.165, 1.54) is 7.11 Å². The largest absolute Gasteiger partial charge is 0.467 e. The van der Waals surface area contributed by atoms with E-state index in [0.717, 1.165) is 15.6 Å². The molecule has 0 saturated heterocycles. The molecule has 5 heteroatoms. The zero-order valence-corrected chi connectivity index (χ0v) is 17.1. The third kappa shape index (κ3) is 5.43. The lowest BCUT2D eigenvalue weighted by Gasteiger charge is -2.20. The van der Waals surface area contributed by atoms with Crippen molar-refractivity contribution in [2.24, 2.45) is 0 Å². The van der Waals surface area contributed by atoms with Crippen LogP contribution in [0, 0.1) is 0 Å². The van der Waals surface area contributed by atoms with Crippen molar-refractivity contribution in [1.29, 1.82) is 0 Å². The van der Waals surface area contributed by atoms with Crippen molar-refractivity contribution in [1.82, 2.24) is 5.32 Å². The van der Waals surface area contributed by atoms with Crippen molar-refractivity contribution in [3.05, 3.63) is 69.7 Å². The number of hydrogen-bond acceptors (Lipinski definition) is 3. The first-order valence-corrected chi connectivity index (χ1v) is 9.23. The number of amides is 1. The van der Waals surface area contributed by atoms with Gasteiger partial charge in [0.25, 0.3) is 5.91 Å². The molecule has 0 fully saturated rings. The van der Waals surface area contributed by atoms with Crippen molar-refractivity contribution < 1.29 is 14.3 Å². The number of esters is 1. The molecule has 138 valence electrons. The molecule has 0 spiro atoms. The quantitative estimate of drug-likeness (QED) is 0.739. The third-order valence-corrected chi connectivity index (χ3v) is 4.63. The van der Waals surface area contributed by atoms with Crippen LogP contribution in [0.15, 0.2) is 53.0 Å². The number of carbonyl (C=O) groups excluding carboxylic acids is 2. The van der Waals surface area contributed by atoms with Gasteiger partial charge in [0.05, 0.1) is 7.11 Å². The molecule has 0 aliphatic heterocycles. The van der Waals surface area contributed by atoms with Crippen LogP contribution in [-0.2, 0) is 21.4 Å². The average molecular weight is 418 g/mol. The first kappa shape index (κ1) is 20.2. The molecular weight excluding hydrogens is 394 g/mol. The molecule has 4 nitrogen and oxygen atoms in total. The lowest BCUT2D eigenvalue weighted by Crippen LogP contribution is -2.43. The van der Waals surface area contributed by atoms with Gasteiger partial charge in [0.1, 0.15) is 6.04 Å². The summed E-state index contributed by atoms with van der Waals surface area (Å²) < 4.78 is 5.77. The van der Waals surface area contributed by atoms with Crippen molar-refractivity contribution in [2.45, 2.75) is 38.6 Å². The molecule has 1 amide bonds. The zero-order valence-electron chi connectivity index (χ0n) is 15.5. The van der Waals surface area contributed by atoms with Gasteiger partial charge in [-0.3, -0.25) is 4.79 Å². The van der Waals surface area contributed by atoms with Gasteiger partial charge in [-0.1, -0.05) is 61.0 Å². The molecule has 0 aromatic heterocycles. The van der Waals surface area contributed by atoms with Crippen LogP contribution in [0.5, 0.6) is 0 Å². The number of halogens is 1. The average Bonchev–Trinajstić information content (AvgIpc) is 2.59. The topological polar surface area (TPSA) is 55.4 Å². The Labute approximate surface area is 163 Å². The summed E-state index contributed by atoms with van der Waals surface area (Å²) in [7, 11) is 1.32. The standard InChI is InChI=1S/C21H24BrNO3/c1-21(2,3)16-10-8-15(9-11-16)19(24)23-18(20(25)26-4)13-14-6-5-7-17(22)12-14/h5-12,18H,13H2,1-4H3,(H,23,24)/t18-/m0/s1. The summed E-state index contributed by atoms with van der Waals surface area (Å²) in [5, 5.41) is 2.78. The van der Waals surface area contributed by atoms with Crippen LogP contribution in [0.2, 0.25) is 0 Å². The molecular formula is C21H24BrNO3. The van der Waals surface area contributed by atoms with Gasteiger partial charge < -0.3 is 10.1 Å². The predicted molar refractivity (Wildman–Crippen MR) is 106 cm³/mol. The molecule has 2 rings (SSSR count). The summed E-state index contributed by atoms with van der Waals surface area (Å²) in [6.45, 7) is 6.36. The summed E-state index contributed by atoms with van der Waals surface area (Å²) in [4.78, 5) is 24.7. The Hall–Kier alpha value is -2.14. The molecule has 1 atom stereocenters. The normalized spacial score (nSPS) is 12.3. The van der Waals surface area contributed by atoms with Crippen LogP contribution in [0.1, 0.15) is 42.3 Å². The summed E-state index contributed by atoms with van der Waals surface area (Å²) in [6, 6.07) is 14.3. The molecule has 0 radical (unpaired) electrons. The summed E-state index contributed by atoms with van der Waals surface area (Å²) in [6.07, 6.45) is 0.359. The second kappa shape index (κ2) is 8.49.